The lowest BCUT2D eigenvalue weighted by atomic mass is 10.1. The van der Waals surface area contributed by atoms with Gasteiger partial charge in [0.05, 0.1) is 10.6 Å². The van der Waals surface area contributed by atoms with E-state index in [1.165, 1.54) is 12.1 Å². The topological polar surface area (TPSA) is 12.0 Å². The third-order valence-electron chi connectivity index (χ3n) is 2.92. The smallest absolute Gasteiger partial charge is 0.309 e. The Morgan fingerprint density at radius 3 is 2.10 bits per heavy atom. The van der Waals surface area contributed by atoms with Gasteiger partial charge in [-0.15, -0.1) is 0 Å². The predicted molar refractivity (Wildman–Crippen MR) is 81.1 cm³/mol. The molecule has 0 amide bonds. The Balaban J connectivity index is 1.90. The predicted octanol–water partition coefficient (Wildman–Crippen LogP) is 5.41. The molecular formula is C15H12BrClF3N. The number of halogens is 5. The molecule has 0 aliphatic rings. The Labute approximate surface area is 134 Å². The van der Waals surface area contributed by atoms with E-state index < -0.39 is 11.7 Å². The lowest BCUT2D eigenvalue weighted by Crippen LogP contribution is -2.13. The molecular weight excluding hydrogens is 367 g/mol. The Morgan fingerprint density at radius 2 is 1.52 bits per heavy atom. The zero-order valence-corrected chi connectivity index (χ0v) is 13.2. The SMILES string of the molecule is FC(F)(F)c1ccc(CNCc2ccc(Br)c(Cl)c2)cc1. The molecule has 0 radical (unpaired) electrons. The van der Waals surface area contributed by atoms with Gasteiger partial charge in [0, 0.05) is 17.6 Å². The van der Waals surface area contributed by atoms with Crippen LogP contribution in [0.25, 0.3) is 0 Å². The van der Waals surface area contributed by atoms with Gasteiger partial charge in [-0.2, -0.15) is 13.2 Å². The maximum Gasteiger partial charge on any atom is 0.416 e. The summed E-state index contributed by atoms with van der Waals surface area (Å²) in [6, 6.07) is 10.8. The van der Waals surface area contributed by atoms with Crippen LogP contribution in [0.15, 0.2) is 46.9 Å². The van der Waals surface area contributed by atoms with E-state index in [1.54, 1.807) is 0 Å². The third-order valence-corrected chi connectivity index (χ3v) is 4.16. The van der Waals surface area contributed by atoms with E-state index in [4.69, 9.17) is 11.6 Å². The van der Waals surface area contributed by atoms with Crippen molar-refractivity contribution in [3.8, 4) is 0 Å². The van der Waals surface area contributed by atoms with Crippen molar-refractivity contribution in [1.82, 2.24) is 5.32 Å². The van der Waals surface area contributed by atoms with E-state index in [2.05, 4.69) is 21.2 Å². The number of rotatable bonds is 4. The highest BCUT2D eigenvalue weighted by Gasteiger charge is 2.29. The monoisotopic (exact) mass is 377 g/mol. The molecule has 0 bridgehead atoms. The molecule has 0 fully saturated rings. The van der Waals surface area contributed by atoms with Crippen LogP contribution in [-0.4, -0.2) is 0 Å². The number of alkyl halides is 3. The normalized spacial score (nSPS) is 11.7. The largest absolute Gasteiger partial charge is 0.416 e. The summed E-state index contributed by atoms with van der Waals surface area (Å²) in [5.41, 5.74) is 1.17. The molecule has 112 valence electrons. The molecule has 6 heteroatoms. The van der Waals surface area contributed by atoms with Crippen LogP contribution in [0.2, 0.25) is 5.02 Å². The van der Waals surface area contributed by atoms with E-state index in [9.17, 15) is 13.2 Å². The summed E-state index contributed by atoms with van der Waals surface area (Å²) in [4.78, 5) is 0. The van der Waals surface area contributed by atoms with E-state index in [0.717, 1.165) is 27.7 Å². The first kappa shape index (κ1) is 16.3. The van der Waals surface area contributed by atoms with Gasteiger partial charge in [-0.1, -0.05) is 29.8 Å². The minimum atomic E-state index is -4.29. The molecule has 1 nitrogen and oxygen atoms in total. The number of nitrogens with one attached hydrogen (secondary N) is 1. The first-order valence-electron chi connectivity index (χ1n) is 6.17. The lowest BCUT2D eigenvalue weighted by molar-refractivity contribution is -0.137. The average Bonchev–Trinajstić information content (AvgIpc) is 2.42. The Morgan fingerprint density at radius 1 is 0.952 bits per heavy atom. The zero-order valence-electron chi connectivity index (χ0n) is 10.8. The van der Waals surface area contributed by atoms with Gasteiger partial charge in [-0.3, -0.25) is 0 Å². The second-order valence-electron chi connectivity index (χ2n) is 4.55. The highest BCUT2D eigenvalue weighted by atomic mass is 79.9. The van der Waals surface area contributed by atoms with Gasteiger partial charge >= 0.3 is 6.18 Å². The molecule has 0 aliphatic heterocycles. The molecule has 21 heavy (non-hydrogen) atoms. The number of hydrogen-bond donors (Lipinski definition) is 1. The lowest BCUT2D eigenvalue weighted by Gasteiger charge is -2.09. The highest BCUT2D eigenvalue weighted by Crippen LogP contribution is 2.29. The van der Waals surface area contributed by atoms with Crippen LogP contribution < -0.4 is 5.32 Å². The van der Waals surface area contributed by atoms with E-state index in [1.807, 2.05) is 18.2 Å². The number of hydrogen-bond acceptors (Lipinski definition) is 1. The first-order valence-corrected chi connectivity index (χ1v) is 7.34. The fraction of sp³-hybridized carbons (Fsp3) is 0.200. The van der Waals surface area contributed by atoms with Crippen LogP contribution in [-0.2, 0) is 19.3 Å². The Kier molecular flexibility index (Phi) is 5.30. The molecule has 0 unspecified atom stereocenters. The van der Waals surface area contributed by atoms with Crippen LogP contribution in [0.1, 0.15) is 16.7 Å². The minimum Gasteiger partial charge on any atom is -0.309 e. The van der Waals surface area contributed by atoms with E-state index in [-0.39, 0.29) is 0 Å². The van der Waals surface area contributed by atoms with Crippen molar-refractivity contribution >= 4 is 27.5 Å². The summed E-state index contributed by atoms with van der Waals surface area (Å²) in [5, 5.41) is 3.80. The van der Waals surface area contributed by atoms with Gasteiger partial charge in [-0.25, -0.2) is 0 Å². The minimum absolute atomic E-state index is 0.492. The average molecular weight is 379 g/mol. The molecule has 0 aromatic heterocycles. The molecule has 0 saturated heterocycles. The summed E-state index contributed by atoms with van der Waals surface area (Å²) >= 11 is 9.30. The Bertz CT molecular complexity index is 611. The summed E-state index contributed by atoms with van der Waals surface area (Å²) < 4.78 is 38.1. The Hall–Kier alpha value is -1.04. The summed E-state index contributed by atoms with van der Waals surface area (Å²) in [6.07, 6.45) is -4.29. The molecule has 0 heterocycles. The van der Waals surface area contributed by atoms with Crippen molar-refractivity contribution in [1.29, 1.82) is 0 Å². The van der Waals surface area contributed by atoms with Crippen LogP contribution in [0.4, 0.5) is 13.2 Å². The van der Waals surface area contributed by atoms with Crippen molar-refractivity contribution in [3.05, 3.63) is 68.7 Å². The van der Waals surface area contributed by atoms with Crippen molar-refractivity contribution < 1.29 is 13.2 Å². The first-order chi connectivity index (χ1) is 9.86. The van der Waals surface area contributed by atoms with Crippen molar-refractivity contribution in [2.45, 2.75) is 19.3 Å². The second kappa shape index (κ2) is 6.81. The van der Waals surface area contributed by atoms with Gasteiger partial charge in [-0.05, 0) is 51.3 Å². The maximum absolute atomic E-state index is 12.4. The number of benzene rings is 2. The molecule has 0 saturated carbocycles. The van der Waals surface area contributed by atoms with E-state index >= 15 is 0 Å². The molecule has 0 atom stereocenters. The van der Waals surface area contributed by atoms with Gasteiger partial charge in [0.25, 0.3) is 0 Å². The summed E-state index contributed by atoms with van der Waals surface area (Å²) in [5.74, 6) is 0. The summed E-state index contributed by atoms with van der Waals surface area (Å²) in [6.45, 7) is 1.08. The summed E-state index contributed by atoms with van der Waals surface area (Å²) in [7, 11) is 0. The van der Waals surface area contributed by atoms with Gasteiger partial charge in [0.2, 0.25) is 0 Å². The fourth-order valence-corrected chi connectivity index (χ4v) is 2.26. The quantitative estimate of drug-likeness (QED) is 0.750. The molecule has 0 aliphatic carbocycles. The standard InChI is InChI=1S/C15H12BrClF3N/c16-13-6-3-11(7-14(13)17)9-21-8-10-1-4-12(5-2-10)15(18,19)20/h1-7,21H,8-9H2. The van der Waals surface area contributed by atoms with Gasteiger partial charge in [0.15, 0.2) is 0 Å². The zero-order chi connectivity index (χ0) is 15.5. The van der Waals surface area contributed by atoms with Gasteiger partial charge in [0.1, 0.15) is 0 Å². The molecule has 2 aromatic carbocycles. The van der Waals surface area contributed by atoms with E-state index in [0.29, 0.717) is 18.1 Å². The molecule has 0 spiro atoms. The molecule has 2 aromatic rings. The van der Waals surface area contributed by atoms with Crippen molar-refractivity contribution in [2.75, 3.05) is 0 Å². The van der Waals surface area contributed by atoms with Crippen LogP contribution >= 0.6 is 27.5 Å². The van der Waals surface area contributed by atoms with Crippen LogP contribution in [0.3, 0.4) is 0 Å². The molecule has 2 rings (SSSR count). The fourth-order valence-electron chi connectivity index (χ4n) is 1.81. The maximum atomic E-state index is 12.4. The van der Waals surface area contributed by atoms with Crippen LogP contribution in [0.5, 0.6) is 0 Å². The van der Waals surface area contributed by atoms with Crippen molar-refractivity contribution in [3.63, 3.8) is 0 Å². The van der Waals surface area contributed by atoms with Crippen molar-refractivity contribution in [2.24, 2.45) is 0 Å². The van der Waals surface area contributed by atoms with Crippen LogP contribution in [0, 0.1) is 0 Å². The third kappa shape index (κ3) is 4.73. The highest BCUT2D eigenvalue weighted by molar-refractivity contribution is 9.10. The van der Waals surface area contributed by atoms with Gasteiger partial charge < -0.3 is 5.32 Å². The molecule has 1 N–H and O–H groups in total. The second-order valence-corrected chi connectivity index (χ2v) is 5.81.